The Labute approximate surface area is 114 Å². The highest BCUT2D eigenvalue weighted by Gasteiger charge is 2.24. The van der Waals surface area contributed by atoms with Crippen molar-refractivity contribution in [2.45, 2.75) is 52.5 Å². The Hall–Kier alpha value is -1.10. The van der Waals surface area contributed by atoms with Crippen LogP contribution in [0.1, 0.15) is 47.0 Å². The Balaban J connectivity index is 2.95. The van der Waals surface area contributed by atoms with Crippen molar-refractivity contribution in [3.8, 4) is 0 Å². The summed E-state index contributed by atoms with van der Waals surface area (Å²) in [5, 5.41) is 6.65. The Morgan fingerprint density at radius 3 is 2.00 bits per heavy atom. The minimum absolute atomic E-state index is 0.0220. The molecule has 2 N–H and O–H groups in total. The van der Waals surface area contributed by atoms with Crippen LogP contribution in [-0.2, 0) is 0 Å². The van der Waals surface area contributed by atoms with Gasteiger partial charge in [-0.15, -0.1) is 0 Å². The second-order valence-electron chi connectivity index (χ2n) is 4.25. The number of hydrogen-bond acceptors (Lipinski definition) is 5. The Morgan fingerprint density at radius 2 is 1.50 bits per heavy atom. The quantitative estimate of drug-likeness (QED) is 0.796. The molecule has 102 valence electrons. The van der Waals surface area contributed by atoms with Gasteiger partial charge >= 0.3 is 0 Å². The summed E-state index contributed by atoms with van der Waals surface area (Å²) in [6, 6.07) is 0. The van der Waals surface area contributed by atoms with Crippen LogP contribution in [0, 0.1) is 0 Å². The van der Waals surface area contributed by atoms with Gasteiger partial charge in [-0.25, -0.2) is 0 Å². The highest BCUT2D eigenvalue weighted by atomic mass is 35.5. The third kappa shape index (κ3) is 3.70. The lowest BCUT2D eigenvalue weighted by Gasteiger charge is -2.31. The fourth-order valence-corrected chi connectivity index (χ4v) is 2.06. The molecule has 0 aliphatic rings. The van der Waals surface area contributed by atoms with Gasteiger partial charge in [0.15, 0.2) is 0 Å². The maximum atomic E-state index is 5.90. The molecule has 0 atom stereocenters. The molecule has 1 aromatic rings. The van der Waals surface area contributed by atoms with Gasteiger partial charge < -0.3 is 10.6 Å². The minimum Gasteiger partial charge on any atom is -0.354 e. The molecule has 0 unspecified atom stereocenters. The van der Waals surface area contributed by atoms with Crippen LogP contribution in [0.15, 0.2) is 0 Å². The zero-order valence-corrected chi connectivity index (χ0v) is 12.3. The first-order valence-electron chi connectivity index (χ1n) is 6.52. The molecule has 1 heterocycles. The summed E-state index contributed by atoms with van der Waals surface area (Å²) >= 11 is 5.90. The van der Waals surface area contributed by atoms with E-state index >= 15 is 0 Å². The number of halogens is 1. The zero-order chi connectivity index (χ0) is 13.6. The first kappa shape index (κ1) is 15.0. The number of rotatable bonds is 7. The van der Waals surface area contributed by atoms with Crippen LogP contribution in [0.4, 0.5) is 11.9 Å². The Morgan fingerprint density at radius 1 is 0.944 bits per heavy atom. The molecule has 0 aromatic carbocycles. The molecule has 6 heteroatoms. The van der Waals surface area contributed by atoms with Gasteiger partial charge in [-0.2, -0.15) is 15.0 Å². The molecule has 0 saturated carbocycles. The van der Waals surface area contributed by atoms with Crippen LogP contribution in [0.25, 0.3) is 0 Å². The number of aromatic nitrogens is 3. The van der Waals surface area contributed by atoms with E-state index in [1.54, 1.807) is 0 Å². The monoisotopic (exact) mass is 271 g/mol. The van der Waals surface area contributed by atoms with Crippen LogP contribution < -0.4 is 10.6 Å². The van der Waals surface area contributed by atoms with Crippen molar-refractivity contribution < 1.29 is 0 Å². The molecule has 18 heavy (non-hydrogen) atoms. The first-order chi connectivity index (χ1) is 8.59. The highest BCUT2D eigenvalue weighted by Crippen LogP contribution is 2.24. The van der Waals surface area contributed by atoms with E-state index in [4.69, 9.17) is 11.6 Å². The number of nitrogens with one attached hydrogen (secondary N) is 2. The van der Waals surface area contributed by atoms with E-state index in [1.165, 1.54) is 0 Å². The Kier molecular flexibility index (Phi) is 5.59. The van der Waals surface area contributed by atoms with Crippen molar-refractivity contribution in [2.24, 2.45) is 0 Å². The smallest absolute Gasteiger partial charge is 0.229 e. The van der Waals surface area contributed by atoms with Crippen LogP contribution >= 0.6 is 11.6 Å². The van der Waals surface area contributed by atoms with Gasteiger partial charge in [0, 0.05) is 12.1 Å². The number of anilines is 2. The lowest BCUT2D eigenvalue weighted by molar-refractivity contribution is 0.417. The molecule has 0 radical (unpaired) electrons. The topological polar surface area (TPSA) is 62.7 Å². The maximum absolute atomic E-state index is 5.90. The second-order valence-corrected chi connectivity index (χ2v) is 4.59. The molecule has 5 nitrogen and oxygen atoms in total. The summed E-state index contributed by atoms with van der Waals surface area (Å²) in [4.78, 5) is 12.5. The van der Waals surface area contributed by atoms with Gasteiger partial charge in [0.25, 0.3) is 0 Å². The summed E-state index contributed by atoms with van der Waals surface area (Å²) in [7, 11) is 0. The summed E-state index contributed by atoms with van der Waals surface area (Å²) in [5.74, 6) is 1.05. The van der Waals surface area contributed by atoms with Crippen molar-refractivity contribution in [2.75, 3.05) is 17.2 Å². The Bertz CT molecular complexity index is 370. The number of hydrogen-bond donors (Lipinski definition) is 2. The molecule has 0 aliphatic heterocycles. The molecule has 0 spiro atoms. The summed E-state index contributed by atoms with van der Waals surface area (Å²) in [5.41, 5.74) is 0.0220. The molecule has 1 aromatic heterocycles. The second kappa shape index (κ2) is 6.73. The van der Waals surface area contributed by atoms with E-state index in [-0.39, 0.29) is 10.8 Å². The van der Waals surface area contributed by atoms with Crippen molar-refractivity contribution in [3.63, 3.8) is 0 Å². The van der Waals surface area contributed by atoms with E-state index < -0.39 is 0 Å². The fraction of sp³-hybridized carbons (Fsp3) is 0.750. The zero-order valence-electron chi connectivity index (χ0n) is 11.5. The maximum Gasteiger partial charge on any atom is 0.229 e. The summed E-state index contributed by atoms with van der Waals surface area (Å²) in [6.45, 7) is 9.22. The normalized spacial score (nSPS) is 11.4. The van der Waals surface area contributed by atoms with E-state index in [0.717, 1.165) is 25.8 Å². The van der Waals surface area contributed by atoms with Crippen molar-refractivity contribution >= 4 is 23.5 Å². The van der Waals surface area contributed by atoms with E-state index in [1.807, 2.05) is 6.92 Å². The largest absolute Gasteiger partial charge is 0.354 e. The number of nitrogens with zero attached hydrogens (tertiary/aromatic N) is 3. The van der Waals surface area contributed by atoms with Crippen molar-refractivity contribution in [3.05, 3.63) is 5.28 Å². The predicted octanol–water partition coefficient (Wildman–Crippen LogP) is 3.34. The molecule has 0 saturated heterocycles. The van der Waals surface area contributed by atoms with Gasteiger partial charge in [0.2, 0.25) is 17.2 Å². The third-order valence-corrected chi connectivity index (χ3v) is 3.52. The van der Waals surface area contributed by atoms with Gasteiger partial charge in [-0.05, 0) is 37.8 Å². The van der Waals surface area contributed by atoms with Crippen LogP contribution in [0.3, 0.4) is 0 Å². The third-order valence-electron chi connectivity index (χ3n) is 3.35. The predicted molar refractivity (Wildman–Crippen MR) is 76.2 cm³/mol. The standard InChI is InChI=1S/C12H22ClN5/c1-5-12(6-2,7-3)18-11-16-9(13)15-10(17-11)14-8-4/h5-8H2,1-4H3,(H2,14,15,16,17,18). The molecular weight excluding hydrogens is 250 g/mol. The van der Waals surface area contributed by atoms with Gasteiger partial charge in [0.05, 0.1) is 0 Å². The van der Waals surface area contributed by atoms with Crippen molar-refractivity contribution in [1.29, 1.82) is 0 Å². The van der Waals surface area contributed by atoms with Crippen LogP contribution in [0.2, 0.25) is 5.28 Å². The first-order valence-corrected chi connectivity index (χ1v) is 6.90. The SMILES string of the molecule is CCNc1nc(Cl)nc(NC(CC)(CC)CC)n1. The van der Waals surface area contributed by atoms with E-state index in [0.29, 0.717) is 11.9 Å². The average molecular weight is 272 g/mol. The molecule has 0 fully saturated rings. The van der Waals surface area contributed by atoms with E-state index in [2.05, 4.69) is 46.4 Å². The average Bonchev–Trinajstić information content (AvgIpc) is 2.36. The van der Waals surface area contributed by atoms with Gasteiger partial charge in [-0.3, -0.25) is 0 Å². The molecule has 0 amide bonds. The molecular formula is C12H22ClN5. The molecule has 0 bridgehead atoms. The van der Waals surface area contributed by atoms with Crippen LogP contribution in [0.5, 0.6) is 0 Å². The highest BCUT2D eigenvalue weighted by molar-refractivity contribution is 6.28. The van der Waals surface area contributed by atoms with E-state index in [9.17, 15) is 0 Å². The lowest BCUT2D eigenvalue weighted by Crippen LogP contribution is -2.37. The molecule has 0 aliphatic carbocycles. The molecule has 1 rings (SSSR count). The minimum atomic E-state index is 0.0220. The summed E-state index contributed by atoms with van der Waals surface area (Å²) < 4.78 is 0. The van der Waals surface area contributed by atoms with Gasteiger partial charge in [0.1, 0.15) is 0 Å². The van der Waals surface area contributed by atoms with Gasteiger partial charge in [-0.1, -0.05) is 20.8 Å². The lowest BCUT2D eigenvalue weighted by atomic mass is 9.90. The summed E-state index contributed by atoms with van der Waals surface area (Å²) in [6.07, 6.45) is 3.04. The van der Waals surface area contributed by atoms with Crippen LogP contribution in [-0.4, -0.2) is 27.0 Å². The van der Waals surface area contributed by atoms with Crippen molar-refractivity contribution in [1.82, 2.24) is 15.0 Å². The fourth-order valence-electron chi connectivity index (χ4n) is 1.90.